The summed E-state index contributed by atoms with van der Waals surface area (Å²) >= 11 is 6.31. The molecule has 33 heavy (non-hydrogen) atoms. The van der Waals surface area contributed by atoms with Crippen LogP contribution in [0.1, 0.15) is 42.3 Å². The van der Waals surface area contributed by atoms with E-state index in [2.05, 4.69) is 15.3 Å². The number of benzene rings is 2. The Balaban J connectivity index is 1.73. The molecular weight excluding hydrogens is 462 g/mol. The van der Waals surface area contributed by atoms with E-state index in [-0.39, 0.29) is 27.2 Å². The molecule has 0 radical (unpaired) electrons. The molecule has 2 aliphatic carbocycles. The van der Waals surface area contributed by atoms with Crippen molar-refractivity contribution in [3.8, 4) is 5.75 Å². The van der Waals surface area contributed by atoms with Gasteiger partial charge in [-0.2, -0.15) is 13.2 Å². The maximum absolute atomic E-state index is 14.4. The number of aryl methyl sites for hydroxylation is 1. The van der Waals surface area contributed by atoms with Crippen molar-refractivity contribution in [2.24, 2.45) is 0 Å². The number of anilines is 1. The lowest BCUT2D eigenvalue weighted by molar-refractivity contribution is -0.274. The molecule has 1 aromatic heterocycles. The largest absolute Gasteiger partial charge is 0.495 e. The minimum Gasteiger partial charge on any atom is -0.495 e. The number of hydrogen-bond donors (Lipinski definition) is 2. The Labute approximate surface area is 191 Å². The standard InChI is InChI=1S/C23H20ClF4N3O2/c1-11-29-9-13-16(6-5-15(25)18(13)30-11)31-20-12-3-4-14(24)19(33-2)17(12)21(7-8-21)10-22(20,32)23(26,27)28/h3-6,9,20,31-32H,7-8,10H2,1-2H3. The Hall–Kier alpha value is -2.65. The van der Waals surface area contributed by atoms with Crippen molar-refractivity contribution in [1.82, 2.24) is 9.97 Å². The first kappa shape index (κ1) is 22.2. The van der Waals surface area contributed by atoms with Gasteiger partial charge in [0.15, 0.2) is 5.60 Å². The van der Waals surface area contributed by atoms with Crippen LogP contribution in [0.25, 0.3) is 10.9 Å². The highest BCUT2D eigenvalue weighted by Crippen LogP contribution is 2.66. The van der Waals surface area contributed by atoms with Gasteiger partial charge in [0.05, 0.1) is 18.2 Å². The lowest BCUT2D eigenvalue weighted by Crippen LogP contribution is -2.57. The predicted octanol–water partition coefficient (Wildman–Crippen LogP) is 5.62. The average molecular weight is 482 g/mol. The van der Waals surface area contributed by atoms with Crippen molar-refractivity contribution >= 4 is 28.2 Å². The zero-order valence-electron chi connectivity index (χ0n) is 17.7. The molecule has 5 nitrogen and oxygen atoms in total. The molecule has 2 unspecified atom stereocenters. The highest BCUT2D eigenvalue weighted by molar-refractivity contribution is 6.32. The van der Waals surface area contributed by atoms with Gasteiger partial charge in [-0.3, -0.25) is 0 Å². The first-order chi connectivity index (χ1) is 15.5. The van der Waals surface area contributed by atoms with Gasteiger partial charge in [0.1, 0.15) is 22.9 Å². The molecular formula is C23H20ClF4N3O2. The SMILES string of the molecule is COc1c(Cl)ccc2c1C1(CC1)CC(O)(C(F)(F)F)C2Nc1ccc(F)c2nc(C)ncc12. The van der Waals surface area contributed by atoms with E-state index in [1.54, 1.807) is 6.92 Å². The molecule has 10 heteroatoms. The van der Waals surface area contributed by atoms with Gasteiger partial charge in [-0.05, 0) is 49.9 Å². The average Bonchev–Trinajstić information content (AvgIpc) is 3.51. The number of halogens is 5. The third-order valence-electron chi connectivity index (χ3n) is 6.74. The molecule has 2 aliphatic rings. The Morgan fingerprint density at radius 3 is 2.58 bits per heavy atom. The molecule has 0 bridgehead atoms. The van der Waals surface area contributed by atoms with Crippen molar-refractivity contribution in [2.75, 3.05) is 12.4 Å². The van der Waals surface area contributed by atoms with Gasteiger partial charge < -0.3 is 15.2 Å². The van der Waals surface area contributed by atoms with Gasteiger partial charge in [-0.15, -0.1) is 0 Å². The van der Waals surface area contributed by atoms with Crippen LogP contribution in [0.5, 0.6) is 5.75 Å². The summed E-state index contributed by atoms with van der Waals surface area (Å²) in [5.74, 6) is 0.00980. The topological polar surface area (TPSA) is 67.3 Å². The van der Waals surface area contributed by atoms with Crippen molar-refractivity contribution in [3.63, 3.8) is 0 Å². The van der Waals surface area contributed by atoms with E-state index >= 15 is 0 Å². The fourth-order valence-corrected chi connectivity index (χ4v) is 5.25. The smallest absolute Gasteiger partial charge is 0.419 e. The van der Waals surface area contributed by atoms with Crippen molar-refractivity contribution < 1.29 is 27.4 Å². The van der Waals surface area contributed by atoms with Gasteiger partial charge in [-0.1, -0.05) is 17.7 Å². The van der Waals surface area contributed by atoms with Gasteiger partial charge >= 0.3 is 6.18 Å². The first-order valence-electron chi connectivity index (χ1n) is 10.4. The van der Waals surface area contributed by atoms with Crippen LogP contribution in [0.4, 0.5) is 23.2 Å². The van der Waals surface area contributed by atoms with Gasteiger partial charge in [-0.25, -0.2) is 14.4 Å². The number of ether oxygens (including phenoxy) is 1. The summed E-state index contributed by atoms with van der Waals surface area (Å²) in [6, 6.07) is 3.79. The summed E-state index contributed by atoms with van der Waals surface area (Å²) < 4.78 is 63.1. The number of aliphatic hydroxyl groups is 1. The summed E-state index contributed by atoms with van der Waals surface area (Å²) in [4.78, 5) is 8.15. The zero-order chi connectivity index (χ0) is 23.8. The second-order valence-corrected chi connectivity index (χ2v) is 9.18. The molecule has 1 heterocycles. The van der Waals surface area contributed by atoms with E-state index in [9.17, 15) is 22.7 Å². The number of alkyl halides is 3. The van der Waals surface area contributed by atoms with Crippen LogP contribution >= 0.6 is 11.6 Å². The Kier molecular flexibility index (Phi) is 4.82. The van der Waals surface area contributed by atoms with E-state index in [1.165, 1.54) is 31.5 Å². The van der Waals surface area contributed by atoms with Gasteiger partial charge in [0, 0.05) is 28.2 Å². The molecule has 1 fully saturated rings. The Morgan fingerprint density at radius 2 is 1.94 bits per heavy atom. The predicted molar refractivity (Wildman–Crippen MR) is 115 cm³/mol. The van der Waals surface area contributed by atoms with E-state index in [0.29, 0.717) is 30.0 Å². The maximum atomic E-state index is 14.4. The minimum atomic E-state index is -4.94. The number of nitrogens with one attached hydrogen (secondary N) is 1. The van der Waals surface area contributed by atoms with E-state index < -0.39 is 35.5 Å². The number of methoxy groups -OCH3 is 1. The van der Waals surface area contributed by atoms with Gasteiger partial charge in [0.2, 0.25) is 0 Å². The molecule has 0 amide bonds. The van der Waals surface area contributed by atoms with Crippen LogP contribution in [0.3, 0.4) is 0 Å². The lowest BCUT2D eigenvalue weighted by Gasteiger charge is -2.46. The quantitative estimate of drug-likeness (QED) is 0.475. The van der Waals surface area contributed by atoms with Crippen LogP contribution in [-0.2, 0) is 5.41 Å². The van der Waals surface area contributed by atoms with Crippen molar-refractivity contribution in [2.45, 2.75) is 49.4 Å². The molecule has 5 rings (SSSR count). The molecule has 1 spiro atoms. The van der Waals surface area contributed by atoms with Gasteiger partial charge in [0.25, 0.3) is 0 Å². The number of aromatic nitrogens is 2. The van der Waals surface area contributed by atoms with E-state index in [0.717, 1.165) is 6.07 Å². The normalized spacial score (nSPS) is 23.5. The molecule has 2 N–H and O–H groups in total. The third kappa shape index (κ3) is 3.24. The number of fused-ring (bicyclic) bond motifs is 3. The summed E-state index contributed by atoms with van der Waals surface area (Å²) in [5, 5.41) is 14.5. The second kappa shape index (κ2) is 7.17. The van der Waals surface area contributed by atoms with Crippen LogP contribution in [0, 0.1) is 12.7 Å². The number of hydrogen-bond acceptors (Lipinski definition) is 5. The summed E-state index contributed by atoms with van der Waals surface area (Å²) in [6.45, 7) is 1.59. The highest BCUT2D eigenvalue weighted by atomic mass is 35.5. The Morgan fingerprint density at radius 1 is 1.21 bits per heavy atom. The van der Waals surface area contributed by atoms with E-state index in [4.69, 9.17) is 16.3 Å². The monoisotopic (exact) mass is 481 g/mol. The van der Waals surface area contributed by atoms with E-state index in [1.807, 2.05) is 0 Å². The second-order valence-electron chi connectivity index (χ2n) is 8.78. The zero-order valence-corrected chi connectivity index (χ0v) is 18.5. The molecule has 3 aromatic rings. The van der Waals surface area contributed by atoms with Crippen LogP contribution in [-0.4, -0.2) is 34.0 Å². The summed E-state index contributed by atoms with van der Waals surface area (Å²) in [6.07, 6.45) is -3.17. The molecule has 174 valence electrons. The first-order valence-corrected chi connectivity index (χ1v) is 10.7. The van der Waals surface area contributed by atoms with Crippen LogP contribution in [0.2, 0.25) is 5.02 Å². The molecule has 2 atom stereocenters. The van der Waals surface area contributed by atoms with Crippen molar-refractivity contribution in [3.05, 3.63) is 58.3 Å². The fourth-order valence-electron chi connectivity index (χ4n) is 5.02. The molecule has 1 saturated carbocycles. The summed E-state index contributed by atoms with van der Waals surface area (Å²) in [5.41, 5.74) is -2.99. The maximum Gasteiger partial charge on any atom is 0.419 e. The number of nitrogens with zero attached hydrogens (tertiary/aromatic N) is 2. The molecule has 0 saturated heterocycles. The molecule has 2 aromatic carbocycles. The minimum absolute atomic E-state index is 0.0218. The van der Waals surface area contributed by atoms with Crippen molar-refractivity contribution in [1.29, 1.82) is 0 Å². The molecule has 0 aliphatic heterocycles. The highest BCUT2D eigenvalue weighted by Gasteiger charge is 2.68. The number of rotatable bonds is 3. The lowest BCUT2D eigenvalue weighted by atomic mass is 9.68. The van der Waals surface area contributed by atoms with Crippen LogP contribution in [0.15, 0.2) is 30.5 Å². The Bertz CT molecular complexity index is 1280. The van der Waals surface area contributed by atoms with Crippen LogP contribution < -0.4 is 10.1 Å². The summed E-state index contributed by atoms with van der Waals surface area (Å²) in [7, 11) is 1.41. The third-order valence-corrected chi connectivity index (χ3v) is 7.04. The fraction of sp³-hybridized carbons (Fsp3) is 0.391.